The monoisotopic (exact) mass is 642 g/mol. The normalized spacial score (nSPS) is 20.4. The summed E-state index contributed by atoms with van der Waals surface area (Å²) in [5, 5.41) is 26.1. The van der Waals surface area contributed by atoms with Crippen molar-refractivity contribution in [3.8, 4) is 0 Å². The lowest BCUT2D eigenvalue weighted by molar-refractivity contribution is -0.153. The number of hydrogen-bond donors (Lipinski definition) is 4. The number of aryl methyl sites for hydroxylation is 1. The van der Waals surface area contributed by atoms with Crippen LogP contribution in [-0.4, -0.2) is 83.2 Å². The highest BCUT2D eigenvalue weighted by molar-refractivity contribution is 8.00. The van der Waals surface area contributed by atoms with Gasteiger partial charge in [0.1, 0.15) is 32.7 Å². The van der Waals surface area contributed by atoms with Crippen molar-refractivity contribution < 1.29 is 34.2 Å². The van der Waals surface area contributed by atoms with Crippen LogP contribution >= 0.6 is 58.3 Å². The second-order valence-corrected chi connectivity index (χ2v) is 12.2. The number of thioether (sulfide) groups is 1. The summed E-state index contributed by atoms with van der Waals surface area (Å²) in [6, 6.07) is 0. The Kier molecular flexibility index (Phi) is 8.60. The van der Waals surface area contributed by atoms with Gasteiger partial charge in [0.2, 0.25) is 0 Å². The van der Waals surface area contributed by atoms with Crippen LogP contribution in [0.3, 0.4) is 0 Å². The van der Waals surface area contributed by atoms with Gasteiger partial charge < -0.3 is 26.1 Å². The van der Waals surface area contributed by atoms with Crippen LogP contribution in [0.1, 0.15) is 21.3 Å². The average Bonchev–Trinajstić information content (AvgIpc) is 3.43. The first-order chi connectivity index (χ1) is 18.9. The molecular weight excluding hydrogens is 624 g/mol. The number of oxime groups is 1. The van der Waals surface area contributed by atoms with Crippen LogP contribution in [0.2, 0.25) is 4.34 Å². The predicted molar refractivity (Wildman–Crippen MR) is 155 cm³/mol. The zero-order valence-corrected chi connectivity index (χ0v) is 24.4. The van der Waals surface area contributed by atoms with Gasteiger partial charge in [-0.15, -0.1) is 23.1 Å². The van der Waals surface area contributed by atoms with Crippen molar-refractivity contribution in [2.75, 3.05) is 18.1 Å². The zero-order chi connectivity index (χ0) is 29.4. The molecule has 0 saturated carbocycles. The average molecular weight is 643 g/mol. The van der Waals surface area contributed by atoms with Crippen molar-refractivity contribution in [1.29, 1.82) is 0 Å². The number of nitrogens with zero attached hydrogens (tertiary/aromatic N) is 4. The SMILES string of the molecule is C=CCON=C(C(=O)NC1(C=S)C(=O)N2C(C(=O)O)=C(c3nc(C)c(CC(=O)O)s3)CS[C@H]21)c1nc(N)sc1Cl. The lowest BCUT2D eigenvalue weighted by atomic mass is 9.87. The van der Waals surface area contributed by atoms with E-state index in [0.717, 1.165) is 44.7 Å². The van der Waals surface area contributed by atoms with E-state index in [0.29, 0.717) is 15.6 Å². The molecule has 1 unspecified atom stereocenters. The molecule has 0 aliphatic carbocycles. The fraction of sp³-hybridized carbons (Fsp3) is 0.273. The molecule has 40 heavy (non-hydrogen) atoms. The summed E-state index contributed by atoms with van der Waals surface area (Å²) in [4.78, 5) is 65.4. The summed E-state index contributed by atoms with van der Waals surface area (Å²) >= 11 is 14.4. The van der Waals surface area contributed by atoms with E-state index in [1.54, 1.807) is 6.92 Å². The van der Waals surface area contributed by atoms with E-state index in [1.165, 1.54) is 6.08 Å². The van der Waals surface area contributed by atoms with Crippen molar-refractivity contribution >= 4 is 104 Å². The van der Waals surface area contributed by atoms with Crippen LogP contribution in [0, 0.1) is 6.92 Å². The van der Waals surface area contributed by atoms with Gasteiger partial charge in [0.25, 0.3) is 11.8 Å². The molecular formula is C22H19ClN6O7S4. The molecule has 2 amide bonds. The summed E-state index contributed by atoms with van der Waals surface area (Å²) < 4.78 is 0.0559. The summed E-state index contributed by atoms with van der Waals surface area (Å²) in [6.07, 6.45) is 1.12. The largest absolute Gasteiger partial charge is 0.481 e. The van der Waals surface area contributed by atoms with Crippen LogP contribution in [0.5, 0.6) is 0 Å². The van der Waals surface area contributed by atoms with Crippen molar-refractivity contribution in [2.24, 2.45) is 5.16 Å². The lowest BCUT2D eigenvalue weighted by Crippen LogP contribution is -2.80. The molecule has 1 fully saturated rings. The number of nitrogen functional groups attached to an aromatic ring is 1. The summed E-state index contributed by atoms with van der Waals surface area (Å²) in [5.41, 5.74) is 3.86. The maximum Gasteiger partial charge on any atom is 0.353 e. The van der Waals surface area contributed by atoms with E-state index in [4.69, 9.17) is 39.5 Å². The molecule has 2 aromatic heterocycles. The molecule has 13 nitrogen and oxygen atoms in total. The van der Waals surface area contributed by atoms with Gasteiger partial charge in [-0.2, -0.15) is 0 Å². The third-order valence-corrected chi connectivity index (χ3v) is 9.70. The third-order valence-electron chi connectivity index (χ3n) is 5.67. The molecule has 0 radical (unpaired) electrons. The number of rotatable bonds is 11. The van der Waals surface area contributed by atoms with Crippen LogP contribution in [0.25, 0.3) is 5.57 Å². The van der Waals surface area contributed by atoms with E-state index >= 15 is 0 Å². The zero-order valence-electron chi connectivity index (χ0n) is 20.4. The first kappa shape index (κ1) is 29.6. The van der Waals surface area contributed by atoms with Crippen LogP contribution in [0.15, 0.2) is 23.5 Å². The molecule has 2 aromatic rings. The highest BCUT2D eigenvalue weighted by Gasteiger charge is 2.65. The summed E-state index contributed by atoms with van der Waals surface area (Å²) in [5.74, 6) is -4.06. The topological polar surface area (TPSA) is 197 Å². The molecule has 210 valence electrons. The highest BCUT2D eigenvalue weighted by Crippen LogP contribution is 2.48. The number of anilines is 1. The van der Waals surface area contributed by atoms with Gasteiger partial charge >= 0.3 is 11.9 Å². The summed E-state index contributed by atoms with van der Waals surface area (Å²) in [7, 11) is 0. The van der Waals surface area contributed by atoms with E-state index in [1.807, 2.05) is 0 Å². The molecule has 18 heteroatoms. The van der Waals surface area contributed by atoms with Gasteiger partial charge in [-0.05, 0) is 6.92 Å². The Morgan fingerprint density at radius 3 is 2.67 bits per heavy atom. The van der Waals surface area contributed by atoms with Crippen molar-refractivity contribution in [1.82, 2.24) is 20.2 Å². The Bertz CT molecular complexity index is 1520. The van der Waals surface area contributed by atoms with Gasteiger partial charge in [-0.3, -0.25) is 19.3 Å². The van der Waals surface area contributed by atoms with Gasteiger partial charge in [0, 0.05) is 21.6 Å². The number of halogens is 1. The minimum absolute atomic E-state index is 0.0442. The van der Waals surface area contributed by atoms with E-state index in [-0.39, 0.29) is 50.9 Å². The highest BCUT2D eigenvalue weighted by atomic mass is 35.5. The molecule has 0 aromatic carbocycles. The number of amides is 2. The van der Waals surface area contributed by atoms with Crippen molar-refractivity contribution in [3.63, 3.8) is 0 Å². The number of carbonyl (C=O) groups excluding carboxylic acids is 2. The van der Waals surface area contributed by atoms with Gasteiger partial charge in [0.15, 0.2) is 16.4 Å². The number of fused-ring (bicyclic) bond motifs is 1. The minimum atomic E-state index is -1.77. The molecule has 1 saturated heterocycles. The quantitative estimate of drug-likeness (QED) is 0.0695. The van der Waals surface area contributed by atoms with Gasteiger partial charge in [-0.1, -0.05) is 53.0 Å². The number of hydrogen-bond acceptors (Lipinski definition) is 13. The Morgan fingerprint density at radius 2 is 2.10 bits per heavy atom. The number of carboxylic acid groups (broad SMARTS) is 2. The molecule has 4 heterocycles. The minimum Gasteiger partial charge on any atom is -0.481 e. The van der Waals surface area contributed by atoms with Crippen molar-refractivity contribution in [3.05, 3.63) is 44.0 Å². The second kappa shape index (κ2) is 11.6. The maximum atomic E-state index is 13.5. The number of carboxylic acids is 2. The molecule has 0 spiro atoms. The van der Waals surface area contributed by atoms with Crippen LogP contribution in [-0.2, 0) is 30.4 Å². The number of β-lactam (4-membered cyclic amide) rings is 1. The third kappa shape index (κ3) is 5.22. The van der Waals surface area contributed by atoms with Crippen LogP contribution < -0.4 is 11.1 Å². The summed E-state index contributed by atoms with van der Waals surface area (Å²) in [6.45, 7) is 5.09. The van der Waals surface area contributed by atoms with Crippen LogP contribution in [0.4, 0.5) is 5.13 Å². The first-order valence-electron chi connectivity index (χ1n) is 11.1. The number of aliphatic carboxylic acids is 2. The fourth-order valence-electron chi connectivity index (χ4n) is 3.91. The number of nitrogens with two attached hydrogens (primary N) is 1. The Morgan fingerprint density at radius 1 is 1.38 bits per heavy atom. The number of carbonyl (C=O) groups is 4. The molecule has 0 bridgehead atoms. The number of thiazole rings is 2. The lowest BCUT2D eigenvalue weighted by Gasteiger charge is -2.55. The molecule has 2 aliphatic rings. The molecule has 2 aliphatic heterocycles. The number of aromatic nitrogens is 2. The Hall–Kier alpha value is -3.38. The smallest absolute Gasteiger partial charge is 0.353 e. The molecule has 5 N–H and O–H groups in total. The maximum absolute atomic E-state index is 13.5. The van der Waals surface area contributed by atoms with E-state index < -0.39 is 34.7 Å². The first-order valence-corrected chi connectivity index (χ1v) is 14.6. The predicted octanol–water partition coefficient (Wildman–Crippen LogP) is 1.94. The van der Waals surface area contributed by atoms with E-state index in [9.17, 15) is 24.3 Å². The second-order valence-electron chi connectivity index (χ2n) is 8.21. The van der Waals surface area contributed by atoms with E-state index in [2.05, 4.69) is 27.0 Å². The molecule has 4 rings (SSSR count). The standard InChI is InChI=1S/C22H19ClN6O7S4/c1-3-4-36-28-13(12-15(23)40-21(24)26-12)16(32)27-22(7-37)19(35)29-14(18(33)34)9(6-38-20(22)29)17-25-8(2)10(39-17)5-11(30)31/h3,7,20H,1,4-6H2,2H3,(H2,24,26)(H,27,32)(H,30,31)(H,33,34)/t20-,22?/m0/s1. The fourth-order valence-corrected chi connectivity index (χ4v) is 7.84. The van der Waals surface area contributed by atoms with Crippen molar-refractivity contribution in [2.45, 2.75) is 24.3 Å². The van der Waals surface area contributed by atoms with Gasteiger partial charge in [-0.25, -0.2) is 14.8 Å². The molecule has 2 atom stereocenters. The number of nitrogens with one attached hydrogen (secondary N) is 1. The Labute approximate surface area is 248 Å². The van der Waals surface area contributed by atoms with Gasteiger partial charge in [0.05, 0.1) is 12.1 Å². The number of thiocarbonyl (C=S) groups is 1. The Balaban J connectivity index is 1.68.